The standard InChI is InChI=1S/C17H14ClFN2O3/c18-11-5-3-6-12(19)15(11)16(22)24-10-4-9-21-14-8-2-1-7-13(14)20-17(21)23/h1-3,5-8H,4,9-10H2,(H,20,23). The molecule has 0 amide bonds. The Kier molecular flexibility index (Phi) is 4.66. The van der Waals surface area contributed by atoms with Crippen LogP contribution in [-0.4, -0.2) is 22.1 Å². The van der Waals surface area contributed by atoms with Crippen molar-refractivity contribution in [2.24, 2.45) is 0 Å². The molecule has 0 atom stereocenters. The van der Waals surface area contributed by atoms with Crippen molar-refractivity contribution in [1.29, 1.82) is 0 Å². The lowest BCUT2D eigenvalue weighted by atomic mass is 10.2. The molecule has 0 radical (unpaired) electrons. The van der Waals surface area contributed by atoms with Crippen LogP contribution in [0.15, 0.2) is 47.3 Å². The number of ether oxygens (including phenoxy) is 1. The van der Waals surface area contributed by atoms with Crippen LogP contribution in [0.5, 0.6) is 0 Å². The minimum atomic E-state index is -0.815. The van der Waals surface area contributed by atoms with Crippen molar-refractivity contribution in [2.75, 3.05) is 6.61 Å². The third kappa shape index (κ3) is 3.19. The third-order valence-corrected chi connectivity index (χ3v) is 3.92. The topological polar surface area (TPSA) is 64.1 Å². The van der Waals surface area contributed by atoms with Gasteiger partial charge in [0.25, 0.3) is 0 Å². The normalized spacial score (nSPS) is 10.9. The maximum atomic E-state index is 13.6. The van der Waals surface area contributed by atoms with Gasteiger partial charge in [0.1, 0.15) is 11.4 Å². The minimum Gasteiger partial charge on any atom is -0.462 e. The van der Waals surface area contributed by atoms with Crippen LogP contribution in [0.4, 0.5) is 4.39 Å². The summed E-state index contributed by atoms with van der Waals surface area (Å²) in [6.07, 6.45) is 0.416. The molecular formula is C17H14ClFN2O3. The number of esters is 1. The van der Waals surface area contributed by atoms with Gasteiger partial charge in [0.05, 0.1) is 22.7 Å². The Morgan fingerprint density at radius 2 is 2.00 bits per heavy atom. The molecule has 1 heterocycles. The van der Waals surface area contributed by atoms with Gasteiger partial charge >= 0.3 is 11.7 Å². The van der Waals surface area contributed by atoms with Gasteiger partial charge in [-0.05, 0) is 30.7 Å². The van der Waals surface area contributed by atoms with E-state index in [1.54, 1.807) is 4.57 Å². The number of hydrogen-bond donors (Lipinski definition) is 1. The fourth-order valence-electron chi connectivity index (χ4n) is 2.48. The van der Waals surface area contributed by atoms with Gasteiger partial charge in [-0.15, -0.1) is 0 Å². The Morgan fingerprint density at radius 3 is 2.79 bits per heavy atom. The summed E-state index contributed by atoms with van der Waals surface area (Å²) in [5, 5.41) is 0.00727. The Morgan fingerprint density at radius 1 is 1.21 bits per heavy atom. The highest BCUT2D eigenvalue weighted by molar-refractivity contribution is 6.33. The van der Waals surface area contributed by atoms with E-state index >= 15 is 0 Å². The number of aryl methyl sites for hydroxylation is 1. The van der Waals surface area contributed by atoms with E-state index in [0.29, 0.717) is 13.0 Å². The number of hydrogen-bond acceptors (Lipinski definition) is 3. The summed E-state index contributed by atoms with van der Waals surface area (Å²) in [6.45, 7) is 0.427. The van der Waals surface area contributed by atoms with Crippen molar-refractivity contribution in [1.82, 2.24) is 9.55 Å². The van der Waals surface area contributed by atoms with Gasteiger partial charge in [0, 0.05) is 6.54 Å². The van der Waals surface area contributed by atoms with Crippen molar-refractivity contribution < 1.29 is 13.9 Å². The second kappa shape index (κ2) is 6.88. The van der Waals surface area contributed by atoms with Gasteiger partial charge in [-0.25, -0.2) is 14.0 Å². The predicted molar refractivity (Wildman–Crippen MR) is 88.9 cm³/mol. The molecule has 0 bridgehead atoms. The Bertz CT molecular complexity index is 928. The highest BCUT2D eigenvalue weighted by Gasteiger charge is 2.17. The molecule has 0 aliphatic carbocycles. The van der Waals surface area contributed by atoms with Gasteiger partial charge in [0.2, 0.25) is 0 Å². The van der Waals surface area contributed by atoms with Gasteiger partial charge < -0.3 is 9.72 Å². The zero-order chi connectivity index (χ0) is 17.1. The Labute approximate surface area is 141 Å². The Hall–Kier alpha value is -2.60. The molecule has 0 saturated carbocycles. The second-order valence-electron chi connectivity index (χ2n) is 5.19. The number of halogens is 2. The Balaban J connectivity index is 1.62. The van der Waals surface area contributed by atoms with Crippen LogP contribution in [-0.2, 0) is 11.3 Å². The van der Waals surface area contributed by atoms with Crippen LogP contribution >= 0.6 is 11.6 Å². The number of imidazole rings is 1. The highest BCUT2D eigenvalue weighted by atomic mass is 35.5. The lowest BCUT2D eigenvalue weighted by molar-refractivity contribution is 0.0491. The molecule has 3 rings (SSSR count). The summed E-state index contributed by atoms with van der Waals surface area (Å²) in [4.78, 5) is 26.6. The molecule has 7 heteroatoms. The number of carbonyl (C=O) groups excluding carboxylic acids is 1. The van der Waals surface area contributed by atoms with Gasteiger partial charge in [0.15, 0.2) is 0 Å². The molecule has 124 valence electrons. The lowest BCUT2D eigenvalue weighted by Gasteiger charge is -2.07. The largest absolute Gasteiger partial charge is 0.462 e. The van der Waals surface area contributed by atoms with Crippen LogP contribution in [0.25, 0.3) is 11.0 Å². The summed E-state index contributed by atoms with van der Waals surface area (Å²) in [5.74, 6) is -1.54. The number of H-pyrrole nitrogens is 1. The van der Waals surface area contributed by atoms with Crippen molar-refractivity contribution >= 4 is 28.6 Å². The maximum Gasteiger partial charge on any atom is 0.342 e. The molecule has 0 fully saturated rings. The van der Waals surface area contributed by atoms with Gasteiger partial charge in [-0.3, -0.25) is 4.57 Å². The first-order chi connectivity index (χ1) is 11.6. The molecule has 0 saturated heterocycles. The van der Waals surface area contributed by atoms with E-state index in [1.807, 2.05) is 24.3 Å². The predicted octanol–water partition coefficient (Wildman–Crippen LogP) is 3.37. The number of aromatic amines is 1. The molecule has 0 aliphatic rings. The molecule has 1 N–H and O–H groups in total. The van der Waals surface area contributed by atoms with Crippen LogP contribution in [0.2, 0.25) is 5.02 Å². The molecular weight excluding hydrogens is 335 g/mol. The van der Waals surface area contributed by atoms with Crippen molar-refractivity contribution in [2.45, 2.75) is 13.0 Å². The van der Waals surface area contributed by atoms with Crippen molar-refractivity contribution in [3.05, 3.63) is 69.4 Å². The quantitative estimate of drug-likeness (QED) is 0.568. The fourth-order valence-corrected chi connectivity index (χ4v) is 2.72. The fraction of sp³-hybridized carbons (Fsp3) is 0.176. The summed E-state index contributed by atoms with van der Waals surface area (Å²) >= 11 is 5.81. The first kappa shape index (κ1) is 16.3. The number of aromatic nitrogens is 2. The number of fused-ring (bicyclic) bond motifs is 1. The molecule has 0 spiro atoms. The average molecular weight is 349 g/mol. The number of rotatable bonds is 5. The summed E-state index contributed by atoms with van der Waals surface area (Å²) in [5.41, 5.74) is 1.03. The summed E-state index contributed by atoms with van der Waals surface area (Å²) < 4.78 is 20.2. The zero-order valence-corrected chi connectivity index (χ0v) is 13.3. The van der Waals surface area contributed by atoms with Crippen LogP contribution in [0, 0.1) is 5.82 Å². The maximum absolute atomic E-state index is 13.6. The highest BCUT2D eigenvalue weighted by Crippen LogP contribution is 2.20. The van der Waals surface area contributed by atoms with Crippen LogP contribution in [0.1, 0.15) is 16.8 Å². The molecule has 2 aromatic carbocycles. The van der Waals surface area contributed by atoms with Crippen molar-refractivity contribution in [3.63, 3.8) is 0 Å². The lowest BCUT2D eigenvalue weighted by Crippen LogP contribution is -2.18. The smallest absolute Gasteiger partial charge is 0.342 e. The molecule has 0 aliphatic heterocycles. The monoisotopic (exact) mass is 348 g/mol. The minimum absolute atomic E-state index is 0.00727. The number of nitrogens with zero attached hydrogens (tertiary/aromatic N) is 1. The molecule has 0 unspecified atom stereocenters. The van der Waals surface area contributed by atoms with Crippen LogP contribution in [0.3, 0.4) is 0 Å². The molecule has 5 nitrogen and oxygen atoms in total. The molecule has 1 aromatic heterocycles. The van der Waals surface area contributed by atoms with Crippen LogP contribution < -0.4 is 5.69 Å². The van der Waals surface area contributed by atoms with Crippen molar-refractivity contribution in [3.8, 4) is 0 Å². The van der Waals surface area contributed by atoms with E-state index in [2.05, 4.69) is 4.98 Å². The van der Waals surface area contributed by atoms with E-state index in [1.165, 1.54) is 12.1 Å². The number of nitrogens with one attached hydrogen (secondary N) is 1. The zero-order valence-electron chi connectivity index (χ0n) is 12.6. The number of benzene rings is 2. The van der Waals surface area contributed by atoms with E-state index in [9.17, 15) is 14.0 Å². The first-order valence-electron chi connectivity index (χ1n) is 7.36. The number of para-hydroxylation sites is 2. The SMILES string of the molecule is O=C(OCCCn1c(=O)[nH]c2ccccc21)c1c(F)cccc1Cl. The van der Waals surface area contributed by atoms with E-state index in [0.717, 1.165) is 17.1 Å². The summed E-state index contributed by atoms with van der Waals surface area (Å²) in [7, 11) is 0. The van der Waals surface area contributed by atoms with E-state index in [4.69, 9.17) is 16.3 Å². The van der Waals surface area contributed by atoms with E-state index < -0.39 is 11.8 Å². The second-order valence-corrected chi connectivity index (χ2v) is 5.59. The molecule has 24 heavy (non-hydrogen) atoms. The average Bonchev–Trinajstić information content (AvgIpc) is 2.87. The van der Waals surface area contributed by atoms with Gasteiger partial charge in [-0.1, -0.05) is 29.8 Å². The van der Waals surface area contributed by atoms with E-state index in [-0.39, 0.29) is 22.9 Å². The third-order valence-electron chi connectivity index (χ3n) is 3.61. The van der Waals surface area contributed by atoms with Gasteiger partial charge in [-0.2, -0.15) is 0 Å². The summed E-state index contributed by atoms with van der Waals surface area (Å²) in [6, 6.07) is 11.3. The molecule has 3 aromatic rings. The number of carbonyl (C=O) groups is 1. The first-order valence-corrected chi connectivity index (χ1v) is 7.74.